The lowest BCUT2D eigenvalue weighted by atomic mass is 9.94. The zero-order valence-electron chi connectivity index (χ0n) is 24.3. The van der Waals surface area contributed by atoms with E-state index in [1.54, 1.807) is 14.2 Å². The van der Waals surface area contributed by atoms with Crippen molar-refractivity contribution in [3.63, 3.8) is 0 Å². The minimum absolute atomic E-state index is 0. The third kappa shape index (κ3) is 11.8. The van der Waals surface area contributed by atoms with Gasteiger partial charge in [0, 0.05) is 42.9 Å². The fraction of sp³-hybridized carbons (Fsp3) is 0.581. The van der Waals surface area contributed by atoms with Crippen molar-refractivity contribution in [3.05, 3.63) is 69.7 Å². The first-order valence-corrected chi connectivity index (χ1v) is 14.6. The third-order valence-corrected chi connectivity index (χ3v) is 7.71. The highest BCUT2D eigenvalue weighted by atomic mass is 35.5. The van der Waals surface area contributed by atoms with Gasteiger partial charge in [-0.1, -0.05) is 47.5 Å². The van der Waals surface area contributed by atoms with Crippen LogP contribution in [0.2, 0.25) is 10.0 Å². The van der Waals surface area contributed by atoms with Crippen molar-refractivity contribution in [1.82, 2.24) is 10.2 Å². The molecule has 0 aromatic heterocycles. The van der Waals surface area contributed by atoms with Gasteiger partial charge in [-0.2, -0.15) is 0 Å². The number of likely N-dealkylation sites (tertiary alicyclic amines) is 1. The molecule has 2 aromatic carbocycles. The summed E-state index contributed by atoms with van der Waals surface area (Å²) in [6.07, 6.45) is 6.27. The molecule has 2 aliphatic heterocycles. The molecule has 2 aromatic rings. The lowest BCUT2D eigenvalue weighted by molar-refractivity contribution is -0.0233. The van der Waals surface area contributed by atoms with Gasteiger partial charge in [-0.05, 0) is 94.7 Å². The van der Waals surface area contributed by atoms with Crippen molar-refractivity contribution in [3.8, 4) is 0 Å². The molecule has 2 heterocycles. The highest BCUT2D eigenvalue weighted by molar-refractivity contribution is 6.30. The van der Waals surface area contributed by atoms with E-state index < -0.39 is 5.60 Å². The molecule has 0 bridgehead atoms. The van der Waals surface area contributed by atoms with Crippen LogP contribution in [-0.4, -0.2) is 68.2 Å². The summed E-state index contributed by atoms with van der Waals surface area (Å²) in [5.74, 6) is 0. The molecule has 2 fully saturated rings. The van der Waals surface area contributed by atoms with Gasteiger partial charge in [0.05, 0.1) is 18.8 Å². The first kappa shape index (κ1) is 34.7. The van der Waals surface area contributed by atoms with Crippen LogP contribution in [0, 0.1) is 0 Å². The number of hydrogen-bond acceptors (Lipinski definition) is 5. The number of piperidine rings is 2. The third-order valence-electron chi connectivity index (χ3n) is 7.21. The van der Waals surface area contributed by atoms with Gasteiger partial charge in [-0.25, -0.2) is 4.79 Å². The number of carbonyl (C=O) groups is 1. The number of amides is 1. The van der Waals surface area contributed by atoms with Crippen LogP contribution in [0.15, 0.2) is 48.5 Å². The molecule has 40 heavy (non-hydrogen) atoms. The van der Waals surface area contributed by atoms with Crippen molar-refractivity contribution in [2.75, 3.05) is 27.3 Å². The lowest BCUT2D eigenvalue weighted by Gasteiger charge is -2.39. The van der Waals surface area contributed by atoms with Crippen LogP contribution < -0.4 is 5.32 Å². The van der Waals surface area contributed by atoms with Gasteiger partial charge in [0.15, 0.2) is 0 Å². The number of methoxy groups -OCH3 is 2. The zero-order valence-corrected chi connectivity index (χ0v) is 26.7. The predicted octanol–water partition coefficient (Wildman–Crippen LogP) is 7.37. The van der Waals surface area contributed by atoms with Crippen LogP contribution in [0.25, 0.3) is 0 Å². The fourth-order valence-electron chi connectivity index (χ4n) is 5.00. The molecule has 0 radical (unpaired) electrons. The highest BCUT2D eigenvalue weighted by Crippen LogP contribution is 2.25. The number of nitrogens with one attached hydrogen (secondary N) is 1. The van der Waals surface area contributed by atoms with Crippen molar-refractivity contribution >= 4 is 41.7 Å². The van der Waals surface area contributed by atoms with Crippen LogP contribution >= 0.6 is 35.6 Å². The van der Waals surface area contributed by atoms with Crippen LogP contribution in [0.4, 0.5) is 4.79 Å². The van der Waals surface area contributed by atoms with Crippen molar-refractivity contribution in [2.24, 2.45) is 0 Å². The first-order valence-electron chi connectivity index (χ1n) is 13.8. The summed E-state index contributed by atoms with van der Waals surface area (Å²) < 4.78 is 16.3. The van der Waals surface area contributed by atoms with E-state index in [-0.39, 0.29) is 30.6 Å². The van der Waals surface area contributed by atoms with Gasteiger partial charge in [0.25, 0.3) is 0 Å². The van der Waals surface area contributed by atoms with E-state index in [2.05, 4.69) is 17.4 Å². The highest BCUT2D eigenvalue weighted by Gasteiger charge is 2.34. The summed E-state index contributed by atoms with van der Waals surface area (Å²) in [4.78, 5) is 14.4. The Labute approximate surface area is 256 Å². The number of halogens is 3. The van der Waals surface area contributed by atoms with E-state index in [9.17, 15) is 4.79 Å². The first-order chi connectivity index (χ1) is 18.6. The van der Waals surface area contributed by atoms with E-state index in [0.717, 1.165) is 48.7 Å². The molecule has 1 N–H and O–H groups in total. The minimum atomic E-state index is -0.498. The van der Waals surface area contributed by atoms with Crippen molar-refractivity contribution in [1.29, 1.82) is 0 Å². The second-order valence-electron chi connectivity index (χ2n) is 11.4. The number of nitrogens with zero attached hydrogens (tertiary/aromatic N) is 1. The van der Waals surface area contributed by atoms with Gasteiger partial charge in [0.2, 0.25) is 0 Å². The summed E-state index contributed by atoms with van der Waals surface area (Å²) in [7, 11) is 3.48. The summed E-state index contributed by atoms with van der Waals surface area (Å²) in [6, 6.07) is 16.6. The van der Waals surface area contributed by atoms with E-state index in [4.69, 9.17) is 37.4 Å². The van der Waals surface area contributed by atoms with Gasteiger partial charge in [0.1, 0.15) is 5.60 Å². The molecule has 0 spiro atoms. The van der Waals surface area contributed by atoms with Crippen LogP contribution in [0.1, 0.15) is 57.6 Å². The molecule has 9 heteroatoms. The average molecular weight is 616 g/mol. The number of carbonyl (C=O) groups excluding carboxylic acids is 1. The van der Waals surface area contributed by atoms with E-state index >= 15 is 0 Å². The topological polar surface area (TPSA) is 60.0 Å². The Morgan fingerprint density at radius 3 is 1.85 bits per heavy atom. The SMILES string of the molecule is CO[C@@H]1CC[C@H](Cc2ccc(Cl)cc2)N(C(=O)OC(C)(C)C)C1.CO[C@@H]1CC[C@H](Cc2ccc(Cl)cc2)NC1.Cl. The van der Waals surface area contributed by atoms with E-state index in [1.165, 1.54) is 17.5 Å². The van der Waals surface area contributed by atoms with Crippen LogP contribution in [-0.2, 0) is 27.1 Å². The quantitative estimate of drug-likeness (QED) is 0.368. The van der Waals surface area contributed by atoms with Gasteiger partial charge in [-0.15, -0.1) is 12.4 Å². The van der Waals surface area contributed by atoms with E-state index in [0.29, 0.717) is 18.7 Å². The Bertz CT molecular complexity index is 1010. The summed E-state index contributed by atoms with van der Waals surface area (Å²) in [5, 5.41) is 5.05. The number of ether oxygens (including phenoxy) is 3. The molecule has 0 saturated carbocycles. The smallest absolute Gasteiger partial charge is 0.410 e. The predicted molar refractivity (Wildman–Crippen MR) is 166 cm³/mol. The molecule has 4 atom stereocenters. The Morgan fingerprint density at radius 1 is 0.850 bits per heavy atom. The standard InChI is InChI=1S/C18H26ClNO3.C13H18ClNO.ClH/c1-18(2,3)23-17(21)20-12-16(22-4)10-9-15(20)11-13-5-7-14(19)8-6-13;1-16-13-7-6-12(15-9-13)8-10-2-4-11(14)5-3-10;/h5-8,15-16H,9-12H2,1-4H3;2-5,12-13,15H,6-9H2,1H3;1H/t15-,16-;12-,13-;/m11./s1. The molecular formula is C31H45Cl3N2O4. The average Bonchev–Trinajstić information content (AvgIpc) is 2.91. The maximum atomic E-state index is 12.6. The maximum absolute atomic E-state index is 12.6. The molecular weight excluding hydrogens is 571 g/mol. The Hall–Kier alpha value is -1.54. The van der Waals surface area contributed by atoms with Gasteiger partial charge in [-0.3, -0.25) is 0 Å². The molecule has 1 amide bonds. The second kappa shape index (κ2) is 16.8. The molecule has 2 aliphatic rings. The summed E-state index contributed by atoms with van der Waals surface area (Å²) in [6.45, 7) is 7.20. The fourth-order valence-corrected chi connectivity index (χ4v) is 5.26. The molecule has 0 aliphatic carbocycles. The molecule has 4 rings (SSSR count). The normalized spacial score (nSPS) is 22.9. The number of hydrogen-bond donors (Lipinski definition) is 1. The Kier molecular flexibility index (Phi) is 14.5. The maximum Gasteiger partial charge on any atom is 0.410 e. The summed E-state index contributed by atoms with van der Waals surface area (Å²) >= 11 is 11.8. The zero-order chi connectivity index (χ0) is 28.4. The number of benzene rings is 2. The van der Waals surface area contributed by atoms with Crippen LogP contribution in [0.3, 0.4) is 0 Å². The van der Waals surface area contributed by atoms with Gasteiger partial charge >= 0.3 is 6.09 Å². The van der Waals surface area contributed by atoms with Crippen molar-refractivity contribution in [2.45, 2.75) is 89.2 Å². The van der Waals surface area contributed by atoms with Crippen LogP contribution in [0.5, 0.6) is 0 Å². The lowest BCUT2D eigenvalue weighted by Crippen LogP contribution is -2.51. The minimum Gasteiger partial charge on any atom is -0.444 e. The Morgan fingerprint density at radius 2 is 1.38 bits per heavy atom. The van der Waals surface area contributed by atoms with E-state index in [1.807, 2.05) is 62.1 Å². The van der Waals surface area contributed by atoms with Crippen molar-refractivity contribution < 1.29 is 19.0 Å². The molecule has 0 unspecified atom stereocenters. The number of rotatable bonds is 6. The Balaban J connectivity index is 0.000000290. The van der Waals surface area contributed by atoms with Gasteiger partial charge < -0.3 is 24.4 Å². The monoisotopic (exact) mass is 614 g/mol. The second-order valence-corrected chi connectivity index (χ2v) is 12.3. The largest absolute Gasteiger partial charge is 0.444 e. The molecule has 224 valence electrons. The molecule has 2 saturated heterocycles. The summed E-state index contributed by atoms with van der Waals surface area (Å²) in [5.41, 5.74) is 2.02. The molecule has 6 nitrogen and oxygen atoms in total.